The largest absolute Gasteiger partial charge is 0.341 e. The second kappa shape index (κ2) is 6.77. The summed E-state index contributed by atoms with van der Waals surface area (Å²) in [6.45, 7) is 9.61. The molecule has 0 spiro atoms. The Morgan fingerprint density at radius 3 is 2.59 bits per heavy atom. The van der Waals surface area contributed by atoms with E-state index >= 15 is 0 Å². The fourth-order valence-corrected chi connectivity index (χ4v) is 3.13. The Labute approximate surface area is 144 Å². The smallest absolute Gasteiger partial charge is 0.232 e. The predicted octanol–water partition coefficient (Wildman–Crippen LogP) is 3.63. The van der Waals surface area contributed by atoms with E-state index in [1.165, 1.54) is 0 Å². The van der Waals surface area contributed by atoms with Gasteiger partial charge in [0, 0.05) is 24.2 Å². The topological polar surface area (TPSA) is 46.3 Å². The molecule has 5 heteroatoms. The van der Waals surface area contributed by atoms with E-state index in [4.69, 9.17) is 17.3 Å². The maximum atomic E-state index is 13.0. The number of nitrogens with two attached hydrogens (primary N) is 1. The van der Waals surface area contributed by atoms with E-state index in [1.54, 1.807) is 0 Å². The number of carbonyl (C=O) groups excluding carboxylic acids is 1. The molecule has 0 aromatic heterocycles. The minimum absolute atomic E-state index is 0. The Morgan fingerprint density at radius 2 is 2.05 bits per heavy atom. The van der Waals surface area contributed by atoms with Crippen molar-refractivity contribution in [3.05, 3.63) is 34.9 Å². The highest BCUT2D eigenvalue weighted by Crippen LogP contribution is 2.33. The molecule has 1 fully saturated rings. The summed E-state index contributed by atoms with van der Waals surface area (Å²) in [7, 11) is 0. The van der Waals surface area contributed by atoms with Crippen LogP contribution in [0, 0.1) is 5.41 Å². The van der Waals surface area contributed by atoms with Crippen LogP contribution < -0.4 is 5.73 Å². The van der Waals surface area contributed by atoms with Crippen LogP contribution in [0.2, 0.25) is 5.02 Å². The fourth-order valence-electron chi connectivity index (χ4n) is 2.94. The van der Waals surface area contributed by atoms with Crippen LogP contribution >= 0.6 is 24.0 Å². The highest BCUT2D eigenvalue weighted by molar-refractivity contribution is 6.30. The van der Waals surface area contributed by atoms with Crippen molar-refractivity contribution >= 4 is 29.9 Å². The lowest BCUT2D eigenvalue weighted by atomic mass is 9.77. The van der Waals surface area contributed by atoms with Gasteiger partial charge in [-0.2, -0.15) is 0 Å². The van der Waals surface area contributed by atoms with Gasteiger partial charge >= 0.3 is 0 Å². The molecule has 1 unspecified atom stereocenters. The van der Waals surface area contributed by atoms with Gasteiger partial charge < -0.3 is 10.6 Å². The molecule has 1 aliphatic rings. The van der Waals surface area contributed by atoms with Gasteiger partial charge in [0.15, 0.2) is 0 Å². The van der Waals surface area contributed by atoms with E-state index in [-0.39, 0.29) is 29.8 Å². The first-order valence-corrected chi connectivity index (χ1v) is 7.83. The van der Waals surface area contributed by atoms with Gasteiger partial charge in [-0.05, 0) is 43.4 Å². The van der Waals surface area contributed by atoms with Gasteiger partial charge in [-0.1, -0.05) is 37.6 Å². The van der Waals surface area contributed by atoms with E-state index in [0.29, 0.717) is 11.6 Å². The Morgan fingerprint density at radius 1 is 1.41 bits per heavy atom. The van der Waals surface area contributed by atoms with Crippen LogP contribution in [-0.4, -0.2) is 29.9 Å². The maximum Gasteiger partial charge on any atom is 0.232 e. The summed E-state index contributed by atoms with van der Waals surface area (Å²) in [5, 5.41) is 0.661. The normalized spacial score (nSPS) is 21.2. The third kappa shape index (κ3) is 3.76. The van der Waals surface area contributed by atoms with Crippen molar-refractivity contribution in [3.63, 3.8) is 0 Å². The van der Waals surface area contributed by atoms with Gasteiger partial charge in [-0.3, -0.25) is 4.79 Å². The number of hydrogen-bond donors (Lipinski definition) is 1. The minimum Gasteiger partial charge on any atom is -0.341 e. The first-order valence-electron chi connectivity index (χ1n) is 7.45. The summed E-state index contributed by atoms with van der Waals surface area (Å²) >= 11 is 6.06. The first kappa shape index (κ1) is 19.3. The van der Waals surface area contributed by atoms with Crippen molar-refractivity contribution < 1.29 is 4.79 Å². The molecule has 22 heavy (non-hydrogen) atoms. The van der Waals surface area contributed by atoms with E-state index in [9.17, 15) is 4.79 Å². The van der Waals surface area contributed by atoms with Crippen LogP contribution in [0.3, 0.4) is 0 Å². The lowest BCUT2D eigenvalue weighted by Gasteiger charge is -2.45. The molecule has 0 saturated carbocycles. The number of piperidine rings is 1. The summed E-state index contributed by atoms with van der Waals surface area (Å²) in [5.41, 5.74) is 6.49. The van der Waals surface area contributed by atoms with Crippen molar-refractivity contribution in [1.82, 2.24) is 4.90 Å². The number of hydrogen-bond acceptors (Lipinski definition) is 2. The number of benzene rings is 1. The highest BCUT2D eigenvalue weighted by atomic mass is 35.5. The zero-order chi connectivity index (χ0) is 15.8. The van der Waals surface area contributed by atoms with Gasteiger partial charge in [0.2, 0.25) is 5.91 Å². The monoisotopic (exact) mass is 344 g/mol. The summed E-state index contributed by atoms with van der Waals surface area (Å²) < 4.78 is 0. The third-order valence-corrected chi connectivity index (χ3v) is 4.92. The Kier molecular flexibility index (Phi) is 5.94. The summed E-state index contributed by atoms with van der Waals surface area (Å²) in [6.07, 6.45) is 0.852. The van der Waals surface area contributed by atoms with E-state index in [1.807, 2.05) is 43.0 Å². The van der Waals surface area contributed by atoms with E-state index in [2.05, 4.69) is 13.8 Å². The number of halogens is 2. The molecule has 0 bridgehead atoms. The summed E-state index contributed by atoms with van der Waals surface area (Å²) in [5.74, 6) is 0.143. The van der Waals surface area contributed by atoms with Crippen LogP contribution in [0.25, 0.3) is 0 Å². The van der Waals surface area contributed by atoms with E-state index in [0.717, 1.165) is 18.5 Å². The molecule has 1 aromatic rings. The van der Waals surface area contributed by atoms with Gasteiger partial charge in [0.05, 0.1) is 5.41 Å². The molecule has 2 N–H and O–H groups in total. The molecule has 1 heterocycles. The lowest BCUT2D eigenvalue weighted by Crippen LogP contribution is -2.56. The predicted molar refractivity (Wildman–Crippen MR) is 94.7 cm³/mol. The zero-order valence-electron chi connectivity index (χ0n) is 13.7. The minimum atomic E-state index is -0.581. The highest BCUT2D eigenvalue weighted by Gasteiger charge is 2.40. The Hall–Kier alpha value is -0.770. The summed E-state index contributed by atoms with van der Waals surface area (Å²) in [4.78, 5) is 14.9. The molecule has 3 nitrogen and oxygen atoms in total. The quantitative estimate of drug-likeness (QED) is 0.890. The average molecular weight is 345 g/mol. The molecule has 2 rings (SSSR count). The van der Waals surface area contributed by atoms with Crippen LogP contribution in [0.5, 0.6) is 0 Å². The van der Waals surface area contributed by atoms with Gasteiger partial charge in [0.25, 0.3) is 0 Å². The van der Waals surface area contributed by atoms with E-state index < -0.39 is 5.41 Å². The van der Waals surface area contributed by atoms with Crippen LogP contribution in [0.1, 0.15) is 39.7 Å². The number of rotatable bonds is 2. The molecule has 1 saturated heterocycles. The maximum absolute atomic E-state index is 13.0. The number of likely N-dealkylation sites (tertiary alicyclic amines) is 1. The second-order valence-corrected chi connectivity index (χ2v) is 7.68. The van der Waals surface area contributed by atoms with Crippen molar-refractivity contribution in [3.8, 4) is 0 Å². The Balaban J connectivity index is 0.00000242. The third-order valence-electron chi connectivity index (χ3n) is 4.68. The lowest BCUT2D eigenvalue weighted by molar-refractivity contribution is -0.139. The zero-order valence-corrected chi connectivity index (χ0v) is 15.3. The number of amides is 1. The van der Waals surface area contributed by atoms with Crippen molar-refractivity contribution in [2.24, 2.45) is 11.1 Å². The molecule has 0 radical (unpaired) electrons. The molecule has 124 valence electrons. The number of nitrogens with zero attached hydrogens (tertiary/aromatic N) is 1. The summed E-state index contributed by atoms with van der Waals surface area (Å²) in [6, 6.07) is 7.71. The molecular formula is C17H26Cl2N2O. The molecule has 1 atom stereocenters. The molecule has 1 aliphatic heterocycles. The standard InChI is InChI=1S/C17H25ClN2O.ClH/c1-16(2)11-20(9-8-14(16)19)15(21)17(3,4)12-6-5-7-13(18)10-12;/h5-7,10,14H,8-9,11,19H2,1-4H3;1H. The van der Waals surface area contributed by atoms with Crippen molar-refractivity contribution in [1.29, 1.82) is 0 Å². The van der Waals surface area contributed by atoms with Crippen LogP contribution in [0.15, 0.2) is 24.3 Å². The van der Waals surface area contributed by atoms with Gasteiger partial charge in [-0.15, -0.1) is 12.4 Å². The number of carbonyl (C=O) groups is 1. The molecular weight excluding hydrogens is 319 g/mol. The van der Waals surface area contributed by atoms with Gasteiger partial charge in [-0.25, -0.2) is 0 Å². The molecule has 1 amide bonds. The van der Waals surface area contributed by atoms with Gasteiger partial charge in [0.1, 0.15) is 0 Å². The first-order chi connectivity index (χ1) is 9.64. The second-order valence-electron chi connectivity index (χ2n) is 7.25. The average Bonchev–Trinajstić information content (AvgIpc) is 2.41. The van der Waals surface area contributed by atoms with Crippen molar-refractivity contribution in [2.45, 2.75) is 45.6 Å². The fraction of sp³-hybridized carbons (Fsp3) is 0.588. The van der Waals surface area contributed by atoms with Crippen LogP contribution in [-0.2, 0) is 10.2 Å². The SMILES string of the molecule is CC(C)(C(=O)N1CCC(N)C(C)(C)C1)c1cccc(Cl)c1.Cl. The Bertz CT molecular complexity index is 543. The van der Waals surface area contributed by atoms with Crippen molar-refractivity contribution in [2.75, 3.05) is 13.1 Å². The molecule has 0 aliphatic carbocycles. The molecule has 1 aromatic carbocycles. The van der Waals surface area contributed by atoms with Crippen LogP contribution in [0.4, 0.5) is 0 Å².